The molecular formula is C32H29Cl2F3N4O4S. The molecule has 2 N–H and O–H groups in total. The number of hydrogen-bond donors (Lipinski definition) is 2. The summed E-state index contributed by atoms with van der Waals surface area (Å²) in [7, 11) is -5.43. The molecule has 46 heavy (non-hydrogen) atoms. The number of hydrogen-bond acceptors (Lipinski definition) is 5. The number of carbonyl (C=O) groups is 1. The molecule has 0 saturated carbocycles. The number of aromatic nitrogens is 1. The molecule has 0 unspecified atom stereocenters. The second-order valence-corrected chi connectivity index (χ2v) is 14.3. The van der Waals surface area contributed by atoms with E-state index >= 15 is 0 Å². The third kappa shape index (κ3) is 6.35. The van der Waals surface area contributed by atoms with Crippen molar-refractivity contribution in [3.05, 3.63) is 104 Å². The number of fused-ring (bicyclic) bond motifs is 1. The van der Waals surface area contributed by atoms with Crippen molar-refractivity contribution in [3.63, 3.8) is 0 Å². The second-order valence-electron chi connectivity index (χ2n) is 11.5. The molecule has 2 aliphatic heterocycles. The van der Waals surface area contributed by atoms with Gasteiger partial charge in [-0.15, -0.1) is 0 Å². The highest BCUT2D eigenvalue weighted by Gasteiger charge is 2.50. The van der Waals surface area contributed by atoms with Gasteiger partial charge in [-0.25, -0.2) is 8.42 Å². The number of halogens is 5. The molecule has 0 aliphatic carbocycles. The van der Waals surface area contributed by atoms with Gasteiger partial charge in [-0.2, -0.15) is 17.5 Å². The number of alkyl halides is 3. The van der Waals surface area contributed by atoms with Crippen LogP contribution in [-0.4, -0.2) is 54.8 Å². The van der Waals surface area contributed by atoms with Gasteiger partial charge in [0, 0.05) is 65.2 Å². The fourth-order valence-electron chi connectivity index (χ4n) is 6.26. The van der Waals surface area contributed by atoms with Crippen molar-refractivity contribution < 1.29 is 26.4 Å². The number of rotatable bonds is 7. The normalized spacial score (nSPS) is 16.9. The molecule has 1 amide bonds. The molecule has 0 bridgehead atoms. The van der Waals surface area contributed by atoms with Gasteiger partial charge in [0.05, 0.1) is 11.2 Å². The smallest absolute Gasteiger partial charge is 0.382 e. The molecule has 2 aliphatic rings. The fourth-order valence-corrected chi connectivity index (χ4v) is 7.49. The van der Waals surface area contributed by atoms with Crippen LogP contribution in [-0.2, 0) is 14.8 Å². The number of amides is 1. The highest BCUT2D eigenvalue weighted by Crippen LogP contribution is 2.40. The number of carbonyl (C=O) groups excluding carboxylic acids is 1. The molecule has 242 valence electrons. The molecule has 3 aromatic carbocycles. The van der Waals surface area contributed by atoms with E-state index in [-0.39, 0.29) is 37.8 Å². The highest BCUT2D eigenvalue weighted by atomic mass is 35.5. The van der Waals surface area contributed by atoms with E-state index in [1.807, 2.05) is 36.4 Å². The van der Waals surface area contributed by atoms with Crippen LogP contribution in [0.3, 0.4) is 0 Å². The molecule has 3 heterocycles. The molecule has 8 nitrogen and oxygen atoms in total. The standard InChI is InChI=1S/C32H29Cl2F3N4O4S/c33-22-7-3-19(4-8-22)30(20-5-9-23(34)10-6-20)21-16-25-26(38-24-11-14-40(15-12-24)46(44,45)32(35,36)37)18-28(42)39-31(25)27(17-21)41-13-1-2-29(41)43/h3-10,16-18,24,30H,1-2,11-15H2,(H2,38,39,42). The maximum atomic E-state index is 13.1. The van der Waals surface area contributed by atoms with E-state index in [2.05, 4.69) is 10.3 Å². The van der Waals surface area contributed by atoms with E-state index in [9.17, 15) is 31.2 Å². The van der Waals surface area contributed by atoms with Crippen LogP contribution in [0.15, 0.2) is 71.5 Å². The van der Waals surface area contributed by atoms with Crippen LogP contribution in [0.2, 0.25) is 10.0 Å². The average molecular weight is 694 g/mol. The Kier molecular flexibility index (Phi) is 8.83. The zero-order valence-corrected chi connectivity index (χ0v) is 26.6. The van der Waals surface area contributed by atoms with Gasteiger partial charge in [0.25, 0.3) is 5.56 Å². The number of benzene rings is 3. The lowest BCUT2D eigenvalue weighted by Crippen LogP contribution is -2.47. The monoisotopic (exact) mass is 692 g/mol. The predicted molar refractivity (Wildman–Crippen MR) is 173 cm³/mol. The fraction of sp³-hybridized carbons (Fsp3) is 0.312. The Balaban J connectivity index is 1.46. The molecule has 1 aromatic heterocycles. The summed E-state index contributed by atoms with van der Waals surface area (Å²) in [6.45, 7) is -0.182. The second kappa shape index (κ2) is 12.6. The number of H-pyrrole nitrogens is 1. The number of aromatic amines is 1. The molecule has 0 atom stereocenters. The quantitative estimate of drug-likeness (QED) is 0.206. The minimum absolute atomic E-state index is 0.0783. The molecule has 14 heteroatoms. The summed E-state index contributed by atoms with van der Waals surface area (Å²) in [5.74, 6) is -0.406. The molecule has 2 fully saturated rings. The van der Waals surface area contributed by atoms with Crippen LogP contribution in [0.1, 0.15) is 48.3 Å². The molecule has 0 radical (unpaired) electrons. The van der Waals surface area contributed by atoms with Crippen molar-refractivity contribution in [3.8, 4) is 0 Å². The van der Waals surface area contributed by atoms with E-state index in [0.717, 1.165) is 16.7 Å². The van der Waals surface area contributed by atoms with Crippen molar-refractivity contribution in [2.75, 3.05) is 29.9 Å². The van der Waals surface area contributed by atoms with E-state index < -0.39 is 27.1 Å². The first-order valence-corrected chi connectivity index (χ1v) is 16.9. The van der Waals surface area contributed by atoms with Gasteiger partial charge in [-0.1, -0.05) is 47.5 Å². The van der Waals surface area contributed by atoms with Crippen LogP contribution in [0.4, 0.5) is 24.5 Å². The Morgan fingerprint density at radius 2 is 1.43 bits per heavy atom. The van der Waals surface area contributed by atoms with Crippen LogP contribution in [0.25, 0.3) is 10.9 Å². The predicted octanol–water partition coefficient (Wildman–Crippen LogP) is 6.87. The summed E-state index contributed by atoms with van der Waals surface area (Å²) in [5.41, 5.74) is -1.75. The number of sulfonamides is 1. The van der Waals surface area contributed by atoms with Gasteiger partial charge in [0.15, 0.2) is 0 Å². The zero-order chi connectivity index (χ0) is 32.8. The highest BCUT2D eigenvalue weighted by molar-refractivity contribution is 7.90. The van der Waals surface area contributed by atoms with Gasteiger partial charge in [0.1, 0.15) is 0 Å². The topological polar surface area (TPSA) is 103 Å². The number of nitrogens with one attached hydrogen (secondary N) is 2. The SMILES string of the molecule is O=C1CCCN1c1cc(C(c2ccc(Cl)cc2)c2ccc(Cl)cc2)cc2c(NC3CCN(S(=O)(=O)C(F)(F)F)CC3)cc(=O)[nH]c12. The Morgan fingerprint density at radius 1 is 0.848 bits per heavy atom. The van der Waals surface area contributed by atoms with Crippen LogP contribution in [0.5, 0.6) is 0 Å². The number of anilines is 2. The van der Waals surface area contributed by atoms with Crippen molar-refractivity contribution in [1.82, 2.24) is 9.29 Å². The van der Waals surface area contributed by atoms with Gasteiger partial charge < -0.3 is 15.2 Å². The van der Waals surface area contributed by atoms with E-state index in [1.54, 1.807) is 29.2 Å². The van der Waals surface area contributed by atoms with Crippen molar-refractivity contribution in [1.29, 1.82) is 0 Å². The molecule has 6 rings (SSSR count). The summed E-state index contributed by atoms with van der Waals surface area (Å²) in [6, 6.07) is 19.6. The van der Waals surface area contributed by atoms with Gasteiger partial charge >= 0.3 is 15.5 Å². The Bertz CT molecular complexity index is 1900. The van der Waals surface area contributed by atoms with Crippen molar-refractivity contribution >= 4 is 61.4 Å². The van der Waals surface area contributed by atoms with Gasteiger partial charge in [0.2, 0.25) is 5.91 Å². The number of nitrogens with zero attached hydrogens (tertiary/aromatic N) is 2. The molecule has 0 spiro atoms. The van der Waals surface area contributed by atoms with Crippen LogP contribution >= 0.6 is 23.2 Å². The van der Waals surface area contributed by atoms with Crippen molar-refractivity contribution in [2.24, 2.45) is 0 Å². The van der Waals surface area contributed by atoms with Gasteiger partial charge in [-0.3, -0.25) is 9.59 Å². The summed E-state index contributed by atoms with van der Waals surface area (Å²) in [5, 5.41) is 5.04. The first kappa shape index (κ1) is 32.4. The van der Waals surface area contributed by atoms with Crippen LogP contribution in [0, 0.1) is 0 Å². The summed E-state index contributed by atoms with van der Waals surface area (Å²) < 4.78 is 63.7. The van der Waals surface area contributed by atoms with Crippen LogP contribution < -0.4 is 15.8 Å². The van der Waals surface area contributed by atoms with E-state index in [0.29, 0.717) is 56.0 Å². The summed E-state index contributed by atoms with van der Waals surface area (Å²) >= 11 is 12.4. The first-order chi connectivity index (χ1) is 21.8. The third-order valence-electron chi connectivity index (χ3n) is 8.50. The average Bonchev–Trinajstić information content (AvgIpc) is 3.44. The molecular weight excluding hydrogens is 664 g/mol. The first-order valence-electron chi connectivity index (χ1n) is 14.7. The summed E-state index contributed by atoms with van der Waals surface area (Å²) in [6.07, 6.45) is 1.22. The lowest BCUT2D eigenvalue weighted by Gasteiger charge is -2.32. The maximum Gasteiger partial charge on any atom is 0.511 e. The maximum absolute atomic E-state index is 13.1. The number of pyridine rings is 1. The van der Waals surface area contributed by atoms with E-state index in [1.165, 1.54) is 6.07 Å². The molecule has 4 aromatic rings. The number of piperidine rings is 1. The van der Waals surface area contributed by atoms with E-state index in [4.69, 9.17) is 23.2 Å². The third-order valence-corrected chi connectivity index (χ3v) is 10.6. The summed E-state index contributed by atoms with van der Waals surface area (Å²) in [4.78, 5) is 30.6. The molecule has 2 saturated heterocycles. The minimum Gasteiger partial charge on any atom is -0.382 e. The zero-order valence-electron chi connectivity index (χ0n) is 24.3. The lowest BCUT2D eigenvalue weighted by atomic mass is 9.84. The lowest BCUT2D eigenvalue weighted by molar-refractivity contribution is -0.117. The largest absolute Gasteiger partial charge is 0.511 e. The Morgan fingerprint density at radius 3 is 1.96 bits per heavy atom. The minimum atomic E-state index is -5.43. The Hall–Kier alpha value is -3.58. The van der Waals surface area contributed by atoms with Gasteiger partial charge in [-0.05, 0) is 72.4 Å². The Labute approximate surface area is 273 Å². The van der Waals surface area contributed by atoms with Crippen molar-refractivity contribution in [2.45, 2.75) is 43.2 Å².